The third-order valence-electron chi connectivity index (χ3n) is 3.87. The van der Waals surface area contributed by atoms with Crippen LogP contribution >= 0.6 is 0 Å². The molecule has 3 aromatic rings. The van der Waals surface area contributed by atoms with Gasteiger partial charge in [-0.05, 0) is 48.7 Å². The molecule has 0 fully saturated rings. The summed E-state index contributed by atoms with van der Waals surface area (Å²) in [5.41, 5.74) is 1.25. The molecule has 0 amide bonds. The van der Waals surface area contributed by atoms with Crippen LogP contribution < -0.4 is 5.32 Å². The van der Waals surface area contributed by atoms with Crippen molar-refractivity contribution in [3.05, 3.63) is 64.5 Å². The summed E-state index contributed by atoms with van der Waals surface area (Å²) < 4.78 is 1.63. The van der Waals surface area contributed by atoms with Gasteiger partial charge in [-0.15, -0.1) is 0 Å². The fourth-order valence-corrected chi connectivity index (χ4v) is 2.79. The molecule has 0 unspecified atom stereocenters. The highest BCUT2D eigenvalue weighted by Crippen LogP contribution is 2.37. The molecule has 0 aliphatic heterocycles. The Morgan fingerprint density at radius 3 is 2.46 bits per heavy atom. The third kappa shape index (κ3) is 3.17. The number of benzene rings is 2. The van der Waals surface area contributed by atoms with Gasteiger partial charge in [0.15, 0.2) is 0 Å². The van der Waals surface area contributed by atoms with E-state index in [4.69, 9.17) is 5.11 Å². The predicted octanol–water partition coefficient (Wildman–Crippen LogP) is 2.50. The summed E-state index contributed by atoms with van der Waals surface area (Å²) >= 11 is 0. The molecule has 0 bridgehead atoms. The van der Waals surface area contributed by atoms with E-state index in [9.17, 15) is 20.3 Å². The molecule has 0 saturated heterocycles. The van der Waals surface area contributed by atoms with Gasteiger partial charge in [0.1, 0.15) is 17.2 Å². The summed E-state index contributed by atoms with van der Waals surface area (Å²) in [6, 6.07) is 10.6. The molecule has 0 saturated carbocycles. The summed E-state index contributed by atoms with van der Waals surface area (Å²) in [6.07, 6.45) is 3.06. The van der Waals surface area contributed by atoms with Crippen molar-refractivity contribution in [1.82, 2.24) is 9.88 Å². The summed E-state index contributed by atoms with van der Waals surface area (Å²) in [5, 5.41) is 43.1. The number of aromatic hydroxyl groups is 2. The van der Waals surface area contributed by atoms with Gasteiger partial charge in [0.25, 0.3) is 0 Å². The lowest BCUT2D eigenvalue weighted by atomic mass is 10.2. The number of rotatable bonds is 6. The van der Waals surface area contributed by atoms with Crippen molar-refractivity contribution >= 4 is 22.7 Å². The maximum absolute atomic E-state index is 11.7. The van der Waals surface area contributed by atoms with E-state index in [2.05, 4.69) is 5.32 Å². The van der Waals surface area contributed by atoms with E-state index in [0.717, 1.165) is 0 Å². The molecule has 0 aliphatic carbocycles. The van der Waals surface area contributed by atoms with Gasteiger partial charge in [0.05, 0.1) is 22.4 Å². The van der Waals surface area contributed by atoms with E-state index in [1.165, 1.54) is 42.6 Å². The molecule has 3 rings (SSSR count). The first-order valence-corrected chi connectivity index (χ1v) is 7.85. The molecule has 0 aliphatic rings. The maximum atomic E-state index is 11.7. The SMILES string of the molecule is O=[N+]([O-])c1c(C=CNCCO)n(-c2ccc(O)cc2)c2cc(O)ccc12. The molecule has 1 heterocycles. The van der Waals surface area contributed by atoms with E-state index in [0.29, 0.717) is 28.8 Å². The van der Waals surface area contributed by atoms with Crippen molar-refractivity contribution in [1.29, 1.82) is 0 Å². The summed E-state index contributed by atoms with van der Waals surface area (Å²) in [5.74, 6) is 0.0584. The van der Waals surface area contributed by atoms with Crippen molar-refractivity contribution in [2.45, 2.75) is 0 Å². The minimum absolute atomic E-state index is 0.0149. The van der Waals surface area contributed by atoms with Gasteiger partial charge in [-0.25, -0.2) is 0 Å². The predicted molar refractivity (Wildman–Crippen MR) is 97.4 cm³/mol. The molecule has 134 valence electrons. The second-order valence-electron chi connectivity index (χ2n) is 5.56. The van der Waals surface area contributed by atoms with Crippen molar-refractivity contribution in [2.24, 2.45) is 0 Å². The number of phenolic OH excluding ortho intramolecular Hbond substituents is 2. The zero-order valence-electron chi connectivity index (χ0n) is 13.7. The first-order chi connectivity index (χ1) is 12.5. The molecular weight excluding hydrogens is 338 g/mol. The Balaban J connectivity index is 2.30. The number of aromatic nitrogens is 1. The van der Waals surface area contributed by atoms with Gasteiger partial charge in [-0.2, -0.15) is 0 Å². The van der Waals surface area contributed by atoms with E-state index in [1.54, 1.807) is 16.7 Å². The van der Waals surface area contributed by atoms with E-state index >= 15 is 0 Å². The van der Waals surface area contributed by atoms with Crippen molar-refractivity contribution < 1.29 is 20.2 Å². The second kappa shape index (κ2) is 7.16. The fourth-order valence-electron chi connectivity index (χ4n) is 2.79. The van der Waals surface area contributed by atoms with Crippen LogP contribution in [-0.2, 0) is 0 Å². The van der Waals surface area contributed by atoms with Crippen LogP contribution in [0.25, 0.3) is 22.7 Å². The summed E-state index contributed by atoms with van der Waals surface area (Å²) in [4.78, 5) is 11.2. The van der Waals surface area contributed by atoms with Gasteiger partial charge in [0, 0.05) is 18.3 Å². The number of hydrogen-bond donors (Lipinski definition) is 4. The molecule has 4 N–H and O–H groups in total. The molecule has 0 atom stereocenters. The number of hydrogen-bond acceptors (Lipinski definition) is 6. The Kier molecular flexibility index (Phi) is 4.76. The molecule has 8 nitrogen and oxygen atoms in total. The Labute approximate surface area is 148 Å². The molecule has 0 radical (unpaired) electrons. The standard InChI is InChI=1S/C18H17N3O5/c22-10-9-19-8-7-16-18(21(25)26)15-6-5-14(24)11-17(15)20(16)12-1-3-13(23)4-2-12/h1-8,11,19,22-24H,9-10H2. The van der Waals surface area contributed by atoms with Crippen LogP contribution in [0.15, 0.2) is 48.7 Å². The minimum Gasteiger partial charge on any atom is -0.508 e. The molecule has 26 heavy (non-hydrogen) atoms. The summed E-state index contributed by atoms with van der Waals surface area (Å²) in [7, 11) is 0. The normalized spacial score (nSPS) is 11.3. The summed E-state index contributed by atoms with van der Waals surface area (Å²) in [6.45, 7) is 0.242. The molecule has 0 spiro atoms. The van der Waals surface area contributed by atoms with E-state index in [-0.39, 0.29) is 23.8 Å². The number of aliphatic hydroxyl groups is 1. The maximum Gasteiger partial charge on any atom is 0.302 e. The Hall–Kier alpha value is -3.52. The molecular formula is C18H17N3O5. The van der Waals surface area contributed by atoms with Crippen LogP contribution in [0, 0.1) is 10.1 Å². The lowest BCUT2D eigenvalue weighted by Crippen LogP contribution is -2.10. The number of phenols is 2. The van der Waals surface area contributed by atoms with Crippen LogP contribution in [0.5, 0.6) is 11.5 Å². The van der Waals surface area contributed by atoms with Gasteiger partial charge in [-0.1, -0.05) is 0 Å². The Morgan fingerprint density at radius 1 is 1.12 bits per heavy atom. The van der Waals surface area contributed by atoms with Crippen LogP contribution in [0.3, 0.4) is 0 Å². The number of nitro groups is 1. The largest absolute Gasteiger partial charge is 0.508 e. The number of nitrogens with one attached hydrogen (secondary N) is 1. The first kappa shape index (κ1) is 17.3. The van der Waals surface area contributed by atoms with Crippen LogP contribution in [0.2, 0.25) is 0 Å². The molecule has 1 aromatic heterocycles. The Morgan fingerprint density at radius 2 is 1.81 bits per heavy atom. The average Bonchev–Trinajstić information content (AvgIpc) is 2.93. The lowest BCUT2D eigenvalue weighted by molar-refractivity contribution is -0.383. The lowest BCUT2D eigenvalue weighted by Gasteiger charge is -2.08. The molecule has 8 heteroatoms. The van der Waals surface area contributed by atoms with Crippen LogP contribution in [0.4, 0.5) is 5.69 Å². The highest BCUT2D eigenvalue weighted by atomic mass is 16.6. The monoisotopic (exact) mass is 355 g/mol. The fraction of sp³-hybridized carbons (Fsp3) is 0.111. The number of fused-ring (bicyclic) bond motifs is 1. The van der Waals surface area contributed by atoms with Crippen LogP contribution in [-0.4, -0.2) is 38.0 Å². The minimum atomic E-state index is -0.470. The molecule has 2 aromatic carbocycles. The van der Waals surface area contributed by atoms with Gasteiger partial charge in [-0.3, -0.25) is 10.1 Å². The van der Waals surface area contributed by atoms with Crippen molar-refractivity contribution in [3.8, 4) is 17.2 Å². The number of aliphatic hydroxyl groups excluding tert-OH is 1. The zero-order valence-corrected chi connectivity index (χ0v) is 13.7. The van der Waals surface area contributed by atoms with Crippen LogP contribution in [0.1, 0.15) is 5.69 Å². The number of nitrogens with zero attached hydrogens (tertiary/aromatic N) is 2. The average molecular weight is 355 g/mol. The topological polar surface area (TPSA) is 121 Å². The van der Waals surface area contributed by atoms with Crippen molar-refractivity contribution in [2.75, 3.05) is 13.2 Å². The van der Waals surface area contributed by atoms with Gasteiger partial charge in [0.2, 0.25) is 0 Å². The van der Waals surface area contributed by atoms with Crippen molar-refractivity contribution in [3.63, 3.8) is 0 Å². The quantitative estimate of drug-likeness (QED) is 0.306. The highest BCUT2D eigenvalue weighted by Gasteiger charge is 2.25. The van der Waals surface area contributed by atoms with Gasteiger partial charge >= 0.3 is 5.69 Å². The highest BCUT2D eigenvalue weighted by molar-refractivity contribution is 5.96. The van der Waals surface area contributed by atoms with E-state index in [1.807, 2.05) is 0 Å². The zero-order chi connectivity index (χ0) is 18.7. The second-order valence-corrected chi connectivity index (χ2v) is 5.56. The first-order valence-electron chi connectivity index (χ1n) is 7.85. The third-order valence-corrected chi connectivity index (χ3v) is 3.87. The van der Waals surface area contributed by atoms with Gasteiger partial charge < -0.3 is 25.2 Å². The van der Waals surface area contributed by atoms with E-state index < -0.39 is 4.92 Å². The Bertz CT molecular complexity index is 977. The smallest absolute Gasteiger partial charge is 0.302 e.